The molecule has 0 heterocycles. The lowest BCUT2D eigenvalue weighted by Crippen LogP contribution is -2.21. The van der Waals surface area contributed by atoms with Gasteiger partial charge in [0.2, 0.25) is 0 Å². The molecule has 1 rings (SSSR count). The molecule has 0 N–H and O–H groups in total. The average molecular weight is 208 g/mol. The summed E-state index contributed by atoms with van der Waals surface area (Å²) in [6, 6.07) is 5.48. The number of hydrogen-bond donors (Lipinski definition) is 0. The minimum Gasteiger partial charge on any atom is -0.494 e. The van der Waals surface area contributed by atoms with Crippen LogP contribution in [0.2, 0.25) is 0 Å². The molecule has 1 aromatic carbocycles. The summed E-state index contributed by atoms with van der Waals surface area (Å²) in [6.45, 7) is 5.76. The number of ether oxygens (including phenoxy) is 1. The van der Waals surface area contributed by atoms with Gasteiger partial charge in [0.15, 0.2) is 5.69 Å². The van der Waals surface area contributed by atoms with Crippen molar-refractivity contribution >= 4 is 11.4 Å². The summed E-state index contributed by atoms with van der Waals surface area (Å²) in [5.74, 6) is 0.523. The Balaban J connectivity index is 3.21. The molecule has 0 spiro atoms. The van der Waals surface area contributed by atoms with E-state index in [0.29, 0.717) is 11.4 Å². The molecule has 1 aromatic rings. The van der Waals surface area contributed by atoms with Crippen molar-refractivity contribution in [1.82, 2.24) is 0 Å². The van der Waals surface area contributed by atoms with Crippen LogP contribution in [-0.2, 0) is 0 Å². The van der Waals surface area contributed by atoms with Gasteiger partial charge in [0, 0.05) is 13.1 Å². The molecular formula is C11H16N2O2. The predicted molar refractivity (Wildman–Crippen MR) is 62.0 cm³/mol. The van der Waals surface area contributed by atoms with Crippen LogP contribution < -0.4 is 9.64 Å². The van der Waals surface area contributed by atoms with Gasteiger partial charge in [-0.1, -0.05) is 6.07 Å². The molecule has 0 saturated heterocycles. The average Bonchev–Trinajstić information content (AvgIpc) is 2.30. The van der Waals surface area contributed by atoms with Crippen molar-refractivity contribution in [3.8, 4) is 5.75 Å². The zero-order valence-electron chi connectivity index (χ0n) is 9.36. The molecule has 0 aliphatic heterocycles. The van der Waals surface area contributed by atoms with Crippen LogP contribution in [0, 0.1) is 4.91 Å². The molecule has 4 heteroatoms. The van der Waals surface area contributed by atoms with Crippen molar-refractivity contribution in [2.75, 3.05) is 25.1 Å². The number of nitroso groups, excluding NO2 is 1. The lowest BCUT2D eigenvalue weighted by molar-refractivity contribution is 0.416. The second-order valence-corrected chi connectivity index (χ2v) is 3.09. The Bertz CT molecular complexity index is 335. The first-order chi connectivity index (χ1) is 7.28. The lowest BCUT2D eigenvalue weighted by Gasteiger charge is -2.22. The van der Waals surface area contributed by atoms with E-state index in [0.717, 1.165) is 18.8 Å². The fraction of sp³-hybridized carbons (Fsp3) is 0.455. The summed E-state index contributed by atoms with van der Waals surface area (Å²) in [5, 5.41) is 3.04. The minimum absolute atomic E-state index is 0.378. The van der Waals surface area contributed by atoms with Gasteiger partial charge in [-0.15, -0.1) is 4.91 Å². The number of methoxy groups -OCH3 is 1. The number of nitrogens with zero attached hydrogens (tertiary/aromatic N) is 2. The van der Waals surface area contributed by atoms with Crippen molar-refractivity contribution in [3.63, 3.8) is 0 Å². The van der Waals surface area contributed by atoms with E-state index in [4.69, 9.17) is 4.74 Å². The van der Waals surface area contributed by atoms with Gasteiger partial charge < -0.3 is 9.64 Å². The molecule has 0 radical (unpaired) electrons. The molecule has 4 nitrogen and oxygen atoms in total. The number of rotatable bonds is 5. The molecule has 0 unspecified atom stereocenters. The van der Waals surface area contributed by atoms with Gasteiger partial charge in [0.1, 0.15) is 5.75 Å². The van der Waals surface area contributed by atoms with Gasteiger partial charge in [0.05, 0.1) is 12.8 Å². The van der Waals surface area contributed by atoms with Gasteiger partial charge in [-0.2, -0.15) is 0 Å². The van der Waals surface area contributed by atoms with Crippen LogP contribution in [0.3, 0.4) is 0 Å². The Morgan fingerprint density at radius 1 is 1.33 bits per heavy atom. The third-order valence-electron chi connectivity index (χ3n) is 2.39. The standard InChI is InChI=1S/C11H16N2O2/c1-4-13(5-2)9-7-6-8-10(15-3)11(9)12-14/h6-8H,4-5H2,1-3H3. The van der Waals surface area contributed by atoms with Crippen LogP contribution in [0.1, 0.15) is 13.8 Å². The zero-order chi connectivity index (χ0) is 11.3. The summed E-state index contributed by atoms with van der Waals surface area (Å²) in [5.41, 5.74) is 1.21. The van der Waals surface area contributed by atoms with E-state index in [9.17, 15) is 4.91 Å². The monoisotopic (exact) mass is 208 g/mol. The van der Waals surface area contributed by atoms with E-state index in [1.54, 1.807) is 6.07 Å². The molecule has 82 valence electrons. The number of hydrogen-bond acceptors (Lipinski definition) is 4. The molecule has 0 saturated carbocycles. The van der Waals surface area contributed by atoms with Crippen LogP contribution in [-0.4, -0.2) is 20.2 Å². The highest BCUT2D eigenvalue weighted by Crippen LogP contribution is 2.37. The van der Waals surface area contributed by atoms with E-state index in [1.807, 2.05) is 26.0 Å². The number of benzene rings is 1. The summed E-state index contributed by atoms with van der Waals surface area (Å²) in [7, 11) is 1.54. The summed E-state index contributed by atoms with van der Waals surface area (Å²) in [4.78, 5) is 12.9. The predicted octanol–water partition coefficient (Wildman–Crippen LogP) is 2.94. The zero-order valence-corrected chi connectivity index (χ0v) is 9.36. The topological polar surface area (TPSA) is 41.9 Å². The highest BCUT2D eigenvalue weighted by atomic mass is 16.5. The normalized spacial score (nSPS) is 9.80. The molecule has 15 heavy (non-hydrogen) atoms. The molecule has 0 aliphatic rings. The highest BCUT2D eigenvalue weighted by molar-refractivity contribution is 5.73. The summed E-state index contributed by atoms with van der Waals surface area (Å²) in [6.07, 6.45) is 0. The highest BCUT2D eigenvalue weighted by Gasteiger charge is 2.13. The maximum atomic E-state index is 10.8. The van der Waals surface area contributed by atoms with Crippen molar-refractivity contribution in [2.24, 2.45) is 5.18 Å². The van der Waals surface area contributed by atoms with E-state index in [2.05, 4.69) is 10.1 Å². The largest absolute Gasteiger partial charge is 0.494 e. The van der Waals surface area contributed by atoms with Gasteiger partial charge in [-0.3, -0.25) is 0 Å². The second kappa shape index (κ2) is 5.34. The molecular weight excluding hydrogens is 192 g/mol. The van der Waals surface area contributed by atoms with Crippen molar-refractivity contribution in [1.29, 1.82) is 0 Å². The molecule has 0 fully saturated rings. The Morgan fingerprint density at radius 2 is 2.00 bits per heavy atom. The molecule has 0 atom stereocenters. The third-order valence-corrected chi connectivity index (χ3v) is 2.39. The first-order valence-electron chi connectivity index (χ1n) is 5.03. The van der Waals surface area contributed by atoms with Crippen LogP contribution in [0.4, 0.5) is 11.4 Å². The van der Waals surface area contributed by atoms with E-state index >= 15 is 0 Å². The van der Waals surface area contributed by atoms with Gasteiger partial charge in [0.25, 0.3) is 0 Å². The van der Waals surface area contributed by atoms with Crippen LogP contribution >= 0.6 is 0 Å². The number of anilines is 1. The molecule has 0 bridgehead atoms. The van der Waals surface area contributed by atoms with Crippen molar-refractivity contribution in [2.45, 2.75) is 13.8 Å². The van der Waals surface area contributed by atoms with Crippen molar-refractivity contribution in [3.05, 3.63) is 23.1 Å². The fourth-order valence-corrected chi connectivity index (χ4v) is 1.59. The quantitative estimate of drug-likeness (QED) is 0.698. The molecule has 0 amide bonds. The fourth-order valence-electron chi connectivity index (χ4n) is 1.59. The molecule has 0 aromatic heterocycles. The second-order valence-electron chi connectivity index (χ2n) is 3.09. The van der Waals surface area contributed by atoms with Crippen LogP contribution in [0.5, 0.6) is 5.75 Å². The van der Waals surface area contributed by atoms with E-state index in [1.165, 1.54) is 7.11 Å². The first kappa shape index (κ1) is 11.5. The third kappa shape index (κ3) is 2.26. The SMILES string of the molecule is CCN(CC)c1cccc(OC)c1N=O. The summed E-state index contributed by atoms with van der Waals surface area (Å²) < 4.78 is 5.10. The van der Waals surface area contributed by atoms with Crippen LogP contribution in [0.15, 0.2) is 23.4 Å². The summed E-state index contributed by atoms with van der Waals surface area (Å²) >= 11 is 0. The first-order valence-corrected chi connectivity index (χ1v) is 5.03. The Morgan fingerprint density at radius 3 is 2.47 bits per heavy atom. The van der Waals surface area contributed by atoms with Gasteiger partial charge in [-0.05, 0) is 31.2 Å². The van der Waals surface area contributed by atoms with Gasteiger partial charge in [-0.25, -0.2) is 0 Å². The Labute approximate surface area is 89.8 Å². The minimum atomic E-state index is 0.378. The van der Waals surface area contributed by atoms with Gasteiger partial charge >= 0.3 is 0 Å². The van der Waals surface area contributed by atoms with E-state index in [-0.39, 0.29) is 0 Å². The Kier molecular flexibility index (Phi) is 4.09. The van der Waals surface area contributed by atoms with Crippen molar-refractivity contribution < 1.29 is 4.74 Å². The Hall–Kier alpha value is -1.58. The van der Waals surface area contributed by atoms with Crippen LogP contribution in [0.25, 0.3) is 0 Å². The van der Waals surface area contributed by atoms with E-state index < -0.39 is 0 Å². The maximum Gasteiger partial charge on any atom is 0.173 e. The smallest absolute Gasteiger partial charge is 0.173 e. The maximum absolute atomic E-state index is 10.8. The lowest BCUT2D eigenvalue weighted by atomic mass is 10.2. The molecule has 0 aliphatic carbocycles.